The van der Waals surface area contributed by atoms with E-state index in [1.165, 1.54) is 24.2 Å². The van der Waals surface area contributed by atoms with E-state index in [0.29, 0.717) is 5.92 Å². The standard InChI is InChI=1S/C16H21N5OS2/c1-11-17-13(9-23-11)8-20-4-6-21(7-5-20)16(22)19-15-18-14(10-24-15)12-2-3-12/h9-10,12H,2-8H2,1H3,(H,18,19,22). The molecule has 8 heteroatoms. The first-order valence-corrected chi connectivity index (χ1v) is 10.1. The molecule has 1 saturated heterocycles. The van der Waals surface area contributed by atoms with E-state index in [1.54, 1.807) is 11.3 Å². The summed E-state index contributed by atoms with van der Waals surface area (Å²) < 4.78 is 0. The van der Waals surface area contributed by atoms with Crippen LogP contribution in [-0.4, -0.2) is 52.0 Å². The molecule has 0 aromatic carbocycles. The molecule has 0 bridgehead atoms. The Morgan fingerprint density at radius 3 is 2.67 bits per heavy atom. The summed E-state index contributed by atoms with van der Waals surface area (Å²) in [5.41, 5.74) is 2.27. The van der Waals surface area contributed by atoms with Gasteiger partial charge in [0.2, 0.25) is 0 Å². The number of nitrogens with zero attached hydrogens (tertiary/aromatic N) is 4. The van der Waals surface area contributed by atoms with Crippen molar-refractivity contribution >= 4 is 33.8 Å². The van der Waals surface area contributed by atoms with Gasteiger partial charge in [-0.1, -0.05) is 0 Å². The van der Waals surface area contributed by atoms with E-state index in [2.05, 4.69) is 30.9 Å². The Morgan fingerprint density at radius 1 is 1.21 bits per heavy atom. The monoisotopic (exact) mass is 363 g/mol. The van der Waals surface area contributed by atoms with Gasteiger partial charge in [-0.3, -0.25) is 10.2 Å². The number of thiazole rings is 2. The molecule has 24 heavy (non-hydrogen) atoms. The summed E-state index contributed by atoms with van der Waals surface area (Å²) in [7, 11) is 0. The van der Waals surface area contributed by atoms with Gasteiger partial charge < -0.3 is 4.90 Å². The summed E-state index contributed by atoms with van der Waals surface area (Å²) in [6, 6.07) is -0.0316. The van der Waals surface area contributed by atoms with E-state index in [0.717, 1.165) is 54.3 Å². The second kappa shape index (κ2) is 6.78. The summed E-state index contributed by atoms with van der Waals surface area (Å²) in [5, 5.41) is 8.97. The number of anilines is 1. The molecule has 1 aliphatic carbocycles. The smallest absolute Gasteiger partial charge is 0.322 e. The van der Waals surface area contributed by atoms with Gasteiger partial charge in [0, 0.05) is 49.4 Å². The number of hydrogen-bond donors (Lipinski definition) is 1. The van der Waals surface area contributed by atoms with E-state index in [-0.39, 0.29) is 6.03 Å². The second-order valence-corrected chi connectivity index (χ2v) is 8.32. The minimum absolute atomic E-state index is 0.0316. The van der Waals surface area contributed by atoms with Crippen LogP contribution in [0, 0.1) is 6.92 Å². The minimum Gasteiger partial charge on any atom is -0.322 e. The number of carbonyl (C=O) groups excluding carboxylic acids is 1. The number of hydrogen-bond acceptors (Lipinski definition) is 6. The summed E-state index contributed by atoms with van der Waals surface area (Å²) in [6.45, 7) is 6.16. The Labute approximate surface area is 149 Å². The van der Waals surface area contributed by atoms with Crippen LogP contribution in [0.25, 0.3) is 0 Å². The average Bonchev–Trinajstić information content (AvgIpc) is 3.20. The number of carbonyl (C=O) groups is 1. The van der Waals surface area contributed by atoms with Gasteiger partial charge in [0.25, 0.3) is 0 Å². The van der Waals surface area contributed by atoms with Crippen LogP contribution in [0.5, 0.6) is 0 Å². The second-order valence-electron chi connectivity index (χ2n) is 6.40. The molecule has 2 aromatic rings. The fraction of sp³-hybridized carbons (Fsp3) is 0.562. The van der Waals surface area contributed by atoms with Crippen molar-refractivity contribution in [3.8, 4) is 0 Å². The third kappa shape index (κ3) is 3.76. The first kappa shape index (κ1) is 16.0. The highest BCUT2D eigenvalue weighted by molar-refractivity contribution is 7.14. The maximum absolute atomic E-state index is 12.4. The number of nitrogens with one attached hydrogen (secondary N) is 1. The highest BCUT2D eigenvalue weighted by Crippen LogP contribution is 2.40. The molecule has 0 spiro atoms. The first-order chi connectivity index (χ1) is 11.7. The number of urea groups is 1. The van der Waals surface area contributed by atoms with Gasteiger partial charge >= 0.3 is 6.03 Å². The zero-order valence-electron chi connectivity index (χ0n) is 13.7. The zero-order chi connectivity index (χ0) is 16.5. The largest absolute Gasteiger partial charge is 0.323 e. The highest BCUT2D eigenvalue weighted by atomic mass is 32.1. The van der Waals surface area contributed by atoms with Crippen LogP contribution in [0.3, 0.4) is 0 Å². The number of piperazine rings is 1. The Bertz CT molecular complexity index is 716. The van der Waals surface area contributed by atoms with E-state index in [4.69, 9.17) is 0 Å². The fourth-order valence-corrected chi connectivity index (χ4v) is 4.29. The van der Waals surface area contributed by atoms with Crippen LogP contribution in [0.4, 0.5) is 9.93 Å². The Hall–Kier alpha value is -1.51. The Morgan fingerprint density at radius 2 is 2.00 bits per heavy atom. The Balaban J connectivity index is 1.26. The van der Waals surface area contributed by atoms with Crippen LogP contribution in [-0.2, 0) is 6.54 Å². The van der Waals surface area contributed by atoms with Crippen molar-refractivity contribution in [2.24, 2.45) is 0 Å². The molecule has 3 heterocycles. The zero-order valence-corrected chi connectivity index (χ0v) is 15.3. The molecule has 2 aromatic heterocycles. The van der Waals surface area contributed by atoms with Crippen LogP contribution < -0.4 is 5.32 Å². The topological polar surface area (TPSA) is 61.4 Å². The van der Waals surface area contributed by atoms with Crippen LogP contribution in [0.15, 0.2) is 10.8 Å². The number of rotatable bonds is 4. The molecule has 4 rings (SSSR count). The molecule has 6 nitrogen and oxygen atoms in total. The number of aromatic nitrogens is 2. The lowest BCUT2D eigenvalue weighted by Gasteiger charge is -2.34. The van der Waals surface area contributed by atoms with Gasteiger partial charge in [0.15, 0.2) is 5.13 Å². The van der Waals surface area contributed by atoms with Crippen molar-refractivity contribution in [1.29, 1.82) is 0 Å². The first-order valence-electron chi connectivity index (χ1n) is 8.32. The third-order valence-electron chi connectivity index (χ3n) is 4.44. The molecule has 2 aliphatic rings. The normalized spacial score (nSPS) is 18.8. The van der Waals surface area contributed by atoms with E-state index < -0.39 is 0 Å². The summed E-state index contributed by atoms with van der Waals surface area (Å²) in [5.74, 6) is 0.629. The molecule has 0 radical (unpaired) electrons. The van der Waals surface area contributed by atoms with Gasteiger partial charge in [-0.2, -0.15) is 0 Å². The molecule has 1 N–H and O–H groups in total. The lowest BCUT2D eigenvalue weighted by molar-refractivity contribution is 0.142. The third-order valence-corrected chi connectivity index (χ3v) is 6.04. The van der Waals surface area contributed by atoms with Crippen LogP contribution in [0.2, 0.25) is 0 Å². The van der Waals surface area contributed by atoms with Gasteiger partial charge in [0.1, 0.15) is 0 Å². The molecular formula is C16H21N5OS2. The van der Waals surface area contributed by atoms with Crippen molar-refractivity contribution in [1.82, 2.24) is 19.8 Å². The van der Waals surface area contributed by atoms with Gasteiger partial charge in [-0.15, -0.1) is 22.7 Å². The van der Waals surface area contributed by atoms with Crippen molar-refractivity contribution < 1.29 is 4.79 Å². The van der Waals surface area contributed by atoms with Crippen molar-refractivity contribution in [2.75, 3.05) is 31.5 Å². The van der Waals surface area contributed by atoms with Gasteiger partial charge in [0.05, 0.1) is 16.4 Å². The lowest BCUT2D eigenvalue weighted by Crippen LogP contribution is -2.49. The average molecular weight is 364 g/mol. The van der Waals surface area contributed by atoms with Crippen molar-refractivity contribution in [2.45, 2.75) is 32.2 Å². The van der Waals surface area contributed by atoms with E-state index in [1.807, 2.05) is 11.8 Å². The molecule has 128 valence electrons. The molecule has 0 atom stereocenters. The van der Waals surface area contributed by atoms with Crippen molar-refractivity contribution in [3.63, 3.8) is 0 Å². The predicted octanol–water partition coefficient (Wildman–Crippen LogP) is 3.14. The van der Waals surface area contributed by atoms with Crippen LogP contribution in [0.1, 0.15) is 35.2 Å². The predicted molar refractivity (Wildman–Crippen MR) is 96.8 cm³/mol. The Kier molecular flexibility index (Phi) is 4.51. The van der Waals surface area contributed by atoms with Gasteiger partial charge in [-0.05, 0) is 19.8 Å². The molecule has 2 fully saturated rings. The summed E-state index contributed by atoms with van der Waals surface area (Å²) >= 11 is 3.22. The highest BCUT2D eigenvalue weighted by Gasteiger charge is 2.27. The molecule has 0 unspecified atom stereocenters. The SMILES string of the molecule is Cc1nc(CN2CCN(C(=O)Nc3nc(C4CC4)cs3)CC2)cs1. The molecule has 1 saturated carbocycles. The molecule has 2 amide bonds. The molecular weight excluding hydrogens is 342 g/mol. The maximum atomic E-state index is 12.4. The van der Waals surface area contributed by atoms with E-state index in [9.17, 15) is 4.79 Å². The van der Waals surface area contributed by atoms with Gasteiger partial charge in [-0.25, -0.2) is 14.8 Å². The maximum Gasteiger partial charge on any atom is 0.323 e. The van der Waals surface area contributed by atoms with E-state index >= 15 is 0 Å². The minimum atomic E-state index is -0.0316. The molecule has 1 aliphatic heterocycles. The summed E-state index contributed by atoms with van der Waals surface area (Å²) in [6.07, 6.45) is 2.47. The van der Waals surface area contributed by atoms with Crippen LogP contribution >= 0.6 is 22.7 Å². The number of amides is 2. The fourth-order valence-electron chi connectivity index (χ4n) is 2.90. The quantitative estimate of drug-likeness (QED) is 0.906. The van der Waals surface area contributed by atoms with Crippen molar-refractivity contribution in [3.05, 3.63) is 27.2 Å². The lowest BCUT2D eigenvalue weighted by atomic mass is 10.3. The number of aryl methyl sites for hydroxylation is 1. The summed E-state index contributed by atoms with van der Waals surface area (Å²) in [4.78, 5) is 25.6.